The topological polar surface area (TPSA) is 48.2 Å². The predicted octanol–water partition coefficient (Wildman–Crippen LogP) is 5.95. The number of thioether (sulfide) groups is 1. The van der Waals surface area contributed by atoms with Crippen molar-refractivity contribution in [1.29, 1.82) is 0 Å². The van der Waals surface area contributed by atoms with Crippen LogP contribution < -0.4 is 4.74 Å². The Morgan fingerprint density at radius 3 is 2.60 bits per heavy atom. The first-order valence-electron chi connectivity index (χ1n) is 7.33. The molecular formula is C17H13Cl2FN2O2S. The summed E-state index contributed by atoms with van der Waals surface area (Å²) >= 11 is 13.3. The van der Waals surface area contributed by atoms with Crippen LogP contribution in [0.15, 0.2) is 52.1 Å². The van der Waals surface area contributed by atoms with Crippen LogP contribution in [0, 0.1) is 5.82 Å². The van der Waals surface area contributed by atoms with Gasteiger partial charge in [0, 0.05) is 5.75 Å². The van der Waals surface area contributed by atoms with Gasteiger partial charge < -0.3 is 9.15 Å². The van der Waals surface area contributed by atoms with E-state index in [1.165, 1.54) is 23.9 Å². The third-order valence-corrected chi connectivity index (χ3v) is 4.87. The van der Waals surface area contributed by atoms with Gasteiger partial charge in [-0.2, -0.15) is 0 Å². The van der Waals surface area contributed by atoms with E-state index in [1.54, 1.807) is 31.2 Å². The van der Waals surface area contributed by atoms with Crippen LogP contribution in [0.25, 0.3) is 0 Å². The number of hydrogen-bond donors (Lipinski definition) is 0. The van der Waals surface area contributed by atoms with E-state index in [0.717, 1.165) is 5.56 Å². The lowest BCUT2D eigenvalue weighted by molar-refractivity contribution is 0.181. The van der Waals surface area contributed by atoms with E-state index in [1.807, 2.05) is 6.07 Å². The predicted molar refractivity (Wildman–Crippen MR) is 95.8 cm³/mol. The second kappa shape index (κ2) is 8.08. The Bertz CT molecular complexity index is 858. The monoisotopic (exact) mass is 398 g/mol. The zero-order valence-electron chi connectivity index (χ0n) is 13.1. The molecule has 8 heteroatoms. The molecule has 0 aliphatic heterocycles. The van der Waals surface area contributed by atoms with Crippen molar-refractivity contribution >= 4 is 35.0 Å². The van der Waals surface area contributed by atoms with Gasteiger partial charge in [0.15, 0.2) is 6.10 Å². The first kappa shape index (κ1) is 18.0. The minimum absolute atomic E-state index is 0.321. The molecule has 1 aromatic heterocycles. The van der Waals surface area contributed by atoms with Gasteiger partial charge >= 0.3 is 0 Å². The molecule has 0 aliphatic rings. The second-order valence-corrected chi connectivity index (χ2v) is 6.90. The van der Waals surface area contributed by atoms with Crippen LogP contribution in [0.3, 0.4) is 0 Å². The van der Waals surface area contributed by atoms with Crippen molar-refractivity contribution in [3.63, 3.8) is 0 Å². The zero-order valence-corrected chi connectivity index (χ0v) is 15.4. The molecule has 0 spiro atoms. The molecule has 0 fully saturated rings. The highest BCUT2D eigenvalue weighted by Crippen LogP contribution is 2.28. The Morgan fingerprint density at radius 1 is 1.12 bits per heavy atom. The summed E-state index contributed by atoms with van der Waals surface area (Å²) in [5.41, 5.74) is 0.995. The SMILES string of the molecule is C[C@@H](Oc1ccc(F)cc1)c1nnc(SCc2ccc(Cl)c(Cl)c2)o1. The normalized spacial score (nSPS) is 12.2. The summed E-state index contributed by atoms with van der Waals surface area (Å²) in [5, 5.41) is 9.43. The van der Waals surface area contributed by atoms with Gasteiger partial charge in [-0.15, -0.1) is 10.2 Å². The minimum atomic E-state index is -0.447. The number of ether oxygens (including phenoxy) is 1. The molecule has 0 unspecified atom stereocenters. The molecule has 0 bridgehead atoms. The van der Waals surface area contributed by atoms with Gasteiger partial charge in [0.25, 0.3) is 11.1 Å². The van der Waals surface area contributed by atoms with E-state index in [2.05, 4.69) is 10.2 Å². The second-order valence-electron chi connectivity index (χ2n) is 5.16. The quantitative estimate of drug-likeness (QED) is 0.480. The fourth-order valence-corrected chi connectivity index (χ4v) is 3.02. The van der Waals surface area contributed by atoms with Crippen molar-refractivity contribution in [2.75, 3.05) is 0 Å². The van der Waals surface area contributed by atoms with Crippen molar-refractivity contribution in [2.45, 2.75) is 24.0 Å². The van der Waals surface area contributed by atoms with Crippen molar-refractivity contribution in [1.82, 2.24) is 10.2 Å². The van der Waals surface area contributed by atoms with Gasteiger partial charge in [-0.25, -0.2) is 4.39 Å². The number of nitrogens with zero attached hydrogens (tertiary/aromatic N) is 2. The fourth-order valence-electron chi connectivity index (χ4n) is 1.99. The number of benzene rings is 2. The number of halogens is 3. The Balaban J connectivity index is 1.59. The molecule has 130 valence electrons. The van der Waals surface area contributed by atoms with Crippen LogP contribution in [0.5, 0.6) is 5.75 Å². The molecule has 0 N–H and O–H groups in total. The molecule has 1 heterocycles. The summed E-state index contributed by atoms with van der Waals surface area (Å²) in [5.74, 6) is 1.17. The summed E-state index contributed by atoms with van der Waals surface area (Å²) in [7, 11) is 0. The molecule has 0 amide bonds. The summed E-state index contributed by atoms with van der Waals surface area (Å²) in [6, 6.07) is 11.2. The molecule has 0 radical (unpaired) electrons. The van der Waals surface area contributed by atoms with E-state index in [4.69, 9.17) is 32.4 Å². The van der Waals surface area contributed by atoms with Gasteiger partial charge in [-0.05, 0) is 48.9 Å². The van der Waals surface area contributed by atoms with Crippen LogP contribution in [0.1, 0.15) is 24.5 Å². The Hall–Kier alpha value is -1.76. The molecule has 3 rings (SSSR count). The number of rotatable bonds is 6. The van der Waals surface area contributed by atoms with Gasteiger partial charge in [-0.3, -0.25) is 0 Å². The Labute approximate surface area is 158 Å². The highest BCUT2D eigenvalue weighted by molar-refractivity contribution is 7.98. The van der Waals surface area contributed by atoms with Gasteiger partial charge in [0.1, 0.15) is 11.6 Å². The van der Waals surface area contributed by atoms with Gasteiger partial charge in [-0.1, -0.05) is 41.0 Å². The molecule has 3 aromatic rings. The van der Waals surface area contributed by atoms with Gasteiger partial charge in [0.2, 0.25) is 0 Å². The van der Waals surface area contributed by atoms with Gasteiger partial charge in [0.05, 0.1) is 10.0 Å². The first-order chi connectivity index (χ1) is 12.0. The summed E-state index contributed by atoms with van der Waals surface area (Å²) in [6.07, 6.45) is -0.447. The lowest BCUT2D eigenvalue weighted by Crippen LogP contribution is -2.03. The molecule has 25 heavy (non-hydrogen) atoms. The molecule has 0 saturated heterocycles. The van der Waals surface area contributed by atoms with E-state index in [9.17, 15) is 4.39 Å². The Morgan fingerprint density at radius 2 is 1.88 bits per heavy atom. The summed E-state index contributed by atoms with van der Waals surface area (Å²) < 4.78 is 24.2. The smallest absolute Gasteiger partial charge is 0.277 e. The highest BCUT2D eigenvalue weighted by atomic mass is 35.5. The Kier molecular flexibility index (Phi) is 5.83. The third kappa shape index (κ3) is 4.87. The van der Waals surface area contributed by atoms with E-state index >= 15 is 0 Å². The first-order valence-corrected chi connectivity index (χ1v) is 9.08. The maximum Gasteiger partial charge on any atom is 0.277 e. The average Bonchev–Trinajstić information content (AvgIpc) is 3.07. The van der Waals surface area contributed by atoms with E-state index in [0.29, 0.717) is 32.7 Å². The van der Waals surface area contributed by atoms with Crippen LogP contribution in [0.2, 0.25) is 10.0 Å². The van der Waals surface area contributed by atoms with E-state index < -0.39 is 6.10 Å². The molecular weight excluding hydrogens is 386 g/mol. The summed E-state index contributed by atoms with van der Waals surface area (Å²) in [6.45, 7) is 1.78. The maximum atomic E-state index is 12.9. The molecule has 0 aliphatic carbocycles. The highest BCUT2D eigenvalue weighted by Gasteiger charge is 2.16. The lowest BCUT2D eigenvalue weighted by atomic mass is 10.2. The molecule has 2 aromatic carbocycles. The van der Waals surface area contributed by atoms with Crippen LogP contribution >= 0.6 is 35.0 Å². The number of aromatic nitrogens is 2. The molecule has 4 nitrogen and oxygen atoms in total. The summed E-state index contributed by atoms with van der Waals surface area (Å²) in [4.78, 5) is 0. The zero-order chi connectivity index (χ0) is 17.8. The van der Waals surface area contributed by atoms with Crippen molar-refractivity contribution in [3.8, 4) is 5.75 Å². The van der Waals surface area contributed by atoms with Crippen molar-refractivity contribution < 1.29 is 13.5 Å². The van der Waals surface area contributed by atoms with Crippen LogP contribution in [0.4, 0.5) is 4.39 Å². The third-order valence-electron chi connectivity index (χ3n) is 3.24. The van der Waals surface area contributed by atoms with Crippen LogP contribution in [-0.4, -0.2) is 10.2 Å². The van der Waals surface area contributed by atoms with Crippen molar-refractivity contribution in [2.24, 2.45) is 0 Å². The van der Waals surface area contributed by atoms with E-state index in [-0.39, 0.29) is 5.82 Å². The largest absolute Gasteiger partial charge is 0.481 e. The minimum Gasteiger partial charge on any atom is -0.481 e. The number of hydrogen-bond acceptors (Lipinski definition) is 5. The van der Waals surface area contributed by atoms with Crippen molar-refractivity contribution in [3.05, 3.63) is 69.8 Å². The maximum absolute atomic E-state index is 12.9. The fraction of sp³-hybridized carbons (Fsp3) is 0.176. The molecule has 0 saturated carbocycles. The van der Waals surface area contributed by atoms with Crippen LogP contribution in [-0.2, 0) is 5.75 Å². The molecule has 1 atom stereocenters. The lowest BCUT2D eigenvalue weighted by Gasteiger charge is -2.10. The standard InChI is InChI=1S/C17H13Cl2FN2O2S/c1-10(23-13-5-3-12(20)4-6-13)16-21-22-17(24-16)25-9-11-2-7-14(18)15(19)8-11/h2-8,10H,9H2,1H3/t10-/m1/s1. The average molecular weight is 399 g/mol.